The minimum atomic E-state index is -1.09. The molecule has 0 heterocycles. The number of carboxylic acid groups (broad SMARTS) is 1. The third-order valence-corrected chi connectivity index (χ3v) is 3.50. The Labute approximate surface area is 144 Å². The highest BCUT2D eigenvalue weighted by atomic mass is 16.5. The monoisotopic (exact) mass is 333 g/mol. The van der Waals surface area contributed by atoms with Crippen LogP contribution in [0, 0.1) is 0 Å². The van der Waals surface area contributed by atoms with Crippen LogP contribution < -0.4 is 10.1 Å². The predicted molar refractivity (Wildman–Crippen MR) is 94.3 cm³/mol. The van der Waals surface area contributed by atoms with Gasteiger partial charge < -0.3 is 15.2 Å². The van der Waals surface area contributed by atoms with E-state index in [1.165, 1.54) is 6.07 Å². The van der Waals surface area contributed by atoms with Crippen molar-refractivity contribution in [3.05, 3.63) is 90.0 Å². The van der Waals surface area contributed by atoms with Gasteiger partial charge in [0.1, 0.15) is 11.5 Å². The molecule has 5 heteroatoms. The maximum absolute atomic E-state index is 12.3. The van der Waals surface area contributed by atoms with E-state index in [9.17, 15) is 9.59 Å². The first kappa shape index (κ1) is 16.3. The standard InChI is InChI=1S/C20H15NO4/c22-19(21-18-9-5-4-8-17(18)20(23)24)14-10-12-16(13-11-14)25-15-6-2-1-3-7-15/h1-13H,(H,21,22)(H,23,24). The average Bonchev–Trinajstić information content (AvgIpc) is 2.63. The van der Waals surface area contributed by atoms with Gasteiger partial charge in [0.05, 0.1) is 11.3 Å². The van der Waals surface area contributed by atoms with Crippen LogP contribution in [0.15, 0.2) is 78.9 Å². The van der Waals surface area contributed by atoms with Gasteiger partial charge >= 0.3 is 5.97 Å². The Balaban J connectivity index is 1.72. The number of amides is 1. The third-order valence-electron chi connectivity index (χ3n) is 3.50. The lowest BCUT2D eigenvalue weighted by atomic mass is 10.1. The second-order valence-corrected chi connectivity index (χ2v) is 5.24. The third kappa shape index (κ3) is 4.03. The summed E-state index contributed by atoms with van der Waals surface area (Å²) in [7, 11) is 0. The van der Waals surface area contributed by atoms with Crippen LogP contribution >= 0.6 is 0 Å². The molecule has 0 bridgehead atoms. The number of rotatable bonds is 5. The molecule has 0 aliphatic heterocycles. The van der Waals surface area contributed by atoms with Crippen molar-refractivity contribution in [1.82, 2.24) is 0 Å². The summed E-state index contributed by atoms with van der Waals surface area (Å²) in [5.74, 6) is -0.175. The number of para-hydroxylation sites is 2. The molecule has 0 aliphatic carbocycles. The van der Waals surface area contributed by atoms with Crippen LogP contribution in [0.5, 0.6) is 11.5 Å². The van der Waals surface area contributed by atoms with E-state index in [0.717, 1.165) is 0 Å². The molecule has 0 aliphatic rings. The van der Waals surface area contributed by atoms with Crippen LogP contribution in [0.4, 0.5) is 5.69 Å². The lowest BCUT2D eigenvalue weighted by Gasteiger charge is -2.09. The quantitative estimate of drug-likeness (QED) is 0.724. The number of carbonyl (C=O) groups is 2. The minimum Gasteiger partial charge on any atom is -0.478 e. The molecule has 1 amide bonds. The van der Waals surface area contributed by atoms with Gasteiger partial charge in [0.15, 0.2) is 0 Å². The van der Waals surface area contributed by atoms with Gasteiger partial charge in [0.2, 0.25) is 0 Å². The van der Waals surface area contributed by atoms with Crippen molar-refractivity contribution in [1.29, 1.82) is 0 Å². The number of ether oxygens (including phenoxy) is 1. The topological polar surface area (TPSA) is 75.6 Å². The number of anilines is 1. The summed E-state index contributed by atoms with van der Waals surface area (Å²) in [5.41, 5.74) is 0.699. The first-order chi connectivity index (χ1) is 12.1. The van der Waals surface area contributed by atoms with Crippen LogP contribution in [0.25, 0.3) is 0 Å². The van der Waals surface area contributed by atoms with Crippen LogP contribution in [0.3, 0.4) is 0 Å². The highest BCUT2D eigenvalue weighted by Gasteiger charge is 2.13. The normalized spacial score (nSPS) is 10.1. The Morgan fingerprint density at radius 3 is 2.04 bits per heavy atom. The fraction of sp³-hybridized carbons (Fsp3) is 0. The summed E-state index contributed by atoms with van der Waals surface area (Å²) in [6.45, 7) is 0. The maximum atomic E-state index is 12.3. The number of hydrogen-bond donors (Lipinski definition) is 2. The molecule has 3 rings (SSSR count). The maximum Gasteiger partial charge on any atom is 0.337 e. The fourth-order valence-electron chi connectivity index (χ4n) is 2.27. The van der Waals surface area contributed by atoms with E-state index in [0.29, 0.717) is 17.1 Å². The summed E-state index contributed by atoms with van der Waals surface area (Å²) in [5, 5.41) is 11.8. The molecule has 0 unspecified atom stereocenters. The van der Waals surface area contributed by atoms with Gasteiger partial charge in [0.25, 0.3) is 5.91 Å². The zero-order chi connectivity index (χ0) is 17.6. The lowest BCUT2D eigenvalue weighted by molar-refractivity contribution is 0.0698. The molecule has 0 fully saturated rings. The Bertz CT molecular complexity index is 889. The van der Waals surface area contributed by atoms with E-state index in [4.69, 9.17) is 9.84 Å². The highest BCUT2D eigenvalue weighted by Crippen LogP contribution is 2.22. The van der Waals surface area contributed by atoms with Crippen molar-refractivity contribution >= 4 is 17.6 Å². The van der Waals surface area contributed by atoms with E-state index in [1.807, 2.05) is 30.3 Å². The van der Waals surface area contributed by atoms with Gasteiger partial charge in [0, 0.05) is 5.56 Å². The Hall–Kier alpha value is -3.60. The van der Waals surface area contributed by atoms with Crippen LogP contribution in [0.1, 0.15) is 20.7 Å². The fourth-order valence-corrected chi connectivity index (χ4v) is 2.27. The number of hydrogen-bond acceptors (Lipinski definition) is 3. The zero-order valence-corrected chi connectivity index (χ0v) is 13.2. The van der Waals surface area contributed by atoms with Gasteiger partial charge in [-0.15, -0.1) is 0 Å². The molecule has 0 saturated heterocycles. The van der Waals surface area contributed by atoms with Crippen molar-refractivity contribution in [2.24, 2.45) is 0 Å². The van der Waals surface area contributed by atoms with E-state index < -0.39 is 5.97 Å². The molecule has 0 aromatic heterocycles. The number of nitrogens with one attached hydrogen (secondary N) is 1. The van der Waals surface area contributed by atoms with Gasteiger partial charge in [-0.05, 0) is 48.5 Å². The molecule has 2 N–H and O–H groups in total. The van der Waals surface area contributed by atoms with Crippen molar-refractivity contribution in [2.45, 2.75) is 0 Å². The summed E-state index contributed by atoms with van der Waals surface area (Å²) >= 11 is 0. The number of benzene rings is 3. The van der Waals surface area contributed by atoms with E-state index in [2.05, 4.69) is 5.32 Å². The molecule has 3 aromatic carbocycles. The molecule has 0 atom stereocenters. The number of aromatic carboxylic acids is 1. The van der Waals surface area contributed by atoms with Crippen molar-refractivity contribution in [3.8, 4) is 11.5 Å². The van der Waals surface area contributed by atoms with E-state index in [-0.39, 0.29) is 17.2 Å². The molecular weight excluding hydrogens is 318 g/mol. The second kappa shape index (κ2) is 7.31. The summed E-state index contributed by atoms with van der Waals surface area (Å²) in [6.07, 6.45) is 0. The average molecular weight is 333 g/mol. The molecule has 0 saturated carbocycles. The number of carbonyl (C=O) groups excluding carboxylic acids is 1. The first-order valence-corrected chi connectivity index (χ1v) is 7.60. The SMILES string of the molecule is O=C(Nc1ccccc1C(=O)O)c1ccc(Oc2ccccc2)cc1. The zero-order valence-electron chi connectivity index (χ0n) is 13.2. The number of carboxylic acids is 1. The van der Waals surface area contributed by atoms with E-state index in [1.54, 1.807) is 42.5 Å². The first-order valence-electron chi connectivity index (χ1n) is 7.60. The van der Waals surface area contributed by atoms with Crippen molar-refractivity contribution < 1.29 is 19.4 Å². The van der Waals surface area contributed by atoms with Crippen molar-refractivity contribution in [2.75, 3.05) is 5.32 Å². The van der Waals surface area contributed by atoms with E-state index >= 15 is 0 Å². The summed E-state index contributed by atoms with van der Waals surface area (Å²) in [4.78, 5) is 23.5. The lowest BCUT2D eigenvalue weighted by Crippen LogP contribution is -2.14. The molecule has 0 spiro atoms. The van der Waals surface area contributed by atoms with Crippen LogP contribution in [0.2, 0.25) is 0 Å². The smallest absolute Gasteiger partial charge is 0.337 e. The summed E-state index contributed by atoms with van der Waals surface area (Å²) < 4.78 is 5.67. The minimum absolute atomic E-state index is 0.0416. The Kier molecular flexibility index (Phi) is 4.76. The Morgan fingerprint density at radius 2 is 1.36 bits per heavy atom. The molecule has 25 heavy (non-hydrogen) atoms. The van der Waals surface area contributed by atoms with Crippen molar-refractivity contribution in [3.63, 3.8) is 0 Å². The molecular formula is C20H15NO4. The van der Waals surface area contributed by atoms with Gasteiger partial charge in [-0.1, -0.05) is 30.3 Å². The summed E-state index contributed by atoms with van der Waals surface area (Å²) in [6, 6.07) is 22.2. The van der Waals surface area contributed by atoms with Crippen LogP contribution in [-0.4, -0.2) is 17.0 Å². The van der Waals surface area contributed by atoms with Crippen LogP contribution in [-0.2, 0) is 0 Å². The predicted octanol–water partition coefficient (Wildman–Crippen LogP) is 4.43. The molecule has 5 nitrogen and oxygen atoms in total. The van der Waals surface area contributed by atoms with Gasteiger partial charge in [-0.3, -0.25) is 4.79 Å². The molecule has 3 aromatic rings. The van der Waals surface area contributed by atoms with Gasteiger partial charge in [-0.2, -0.15) is 0 Å². The Morgan fingerprint density at radius 1 is 0.760 bits per heavy atom. The second-order valence-electron chi connectivity index (χ2n) is 5.24. The molecule has 124 valence electrons. The molecule has 0 radical (unpaired) electrons. The highest BCUT2D eigenvalue weighted by molar-refractivity contribution is 6.07. The largest absolute Gasteiger partial charge is 0.478 e. The van der Waals surface area contributed by atoms with Gasteiger partial charge in [-0.25, -0.2) is 4.79 Å².